The Bertz CT molecular complexity index is 601. The highest BCUT2D eigenvalue weighted by Gasteiger charge is 2.36. The molecule has 2 aromatic carbocycles. The fourth-order valence-corrected chi connectivity index (χ4v) is 2.58. The minimum atomic E-state index is -0.128. The lowest BCUT2D eigenvalue weighted by Crippen LogP contribution is -2.35. The highest BCUT2D eigenvalue weighted by atomic mass is 14.9. The summed E-state index contributed by atoms with van der Waals surface area (Å²) in [6, 6.07) is 17.1. The number of rotatable bonds is 3. The summed E-state index contributed by atoms with van der Waals surface area (Å²) >= 11 is 0. The molecule has 18 heavy (non-hydrogen) atoms. The van der Waals surface area contributed by atoms with E-state index in [0.29, 0.717) is 0 Å². The molecule has 1 saturated carbocycles. The molecular formula is C16H16N2. The fraction of sp³-hybridized carbons (Fsp3) is 0.312. The molecule has 1 aliphatic carbocycles. The SMILES string of the molecule is N#CC1(CNc2cccc3ccccc23)CCC1. The maximum Gasteiger partial charge on any atom is 0.0746 e. The summed E-state index contributed by atoms with van der Waals surface area (Å²) in [6.07, 6.45) is 3.24. The molecule has 0 aliphatic heterocycles. The van der Waals surface area contributed by atoms with Gasteiger partial charge in [0, 0.05) is 17.6 Å². The van der Waals surface area contributed by atoms with E-state index >= 15 is 0 Å². The largest absolute Gasteiger partial charge is 0.383 e. The Morgan fingerprint density at radius 3 is 2.61 bits per heavy atom. The van der Waals surface area contributed by atoms with Gasteiger partial charge >= 0.3 is 0 Å². The molecule has 2 nitrogen and oxygen atoms in total. The Kier molecular flexibility index (Phi) is 2.68. The van der Waals surface area contributed by atoms with Gasteiger partial charge in [-0.3, -0.25) is 0 Å². The molecule has 90 valence electrons. The smallest absolute Gasteiger partial charge is 0.0746 e. The van der Waals surface area contributed by atoms with Crippen LogP contribution in [0.15, 0.2) is 42.5 Å². The molecule has 0 spiro atoms. The van der Waals surface area contributed by atoms with Gasteiger partial charge in [0.1, 0.15) is 0 Å². The summed E-state index contributed by atoms with van der Waals surface area (Å²) in [5.41, 5.74) is 1.01. The van der Waals surface area contributed by atoms with Gasteiger partial charge in [-0.1, -0.05) is 42.8 Å². The molecule has 0 unspecified atom stereocenters. The number of anilines is 1. The van der Waals surface area contributed by atoms with Crippen LogP contribution in [0.3, 0.4) is 0 Å². The summed E-state index contributed by atoms with van der Waals surface area (Å²) in [5.74, 6) is 0. The maximum atomic E-state index is 9.24. The first kappa shape index (κ1) is 11.1. The first-order valence-electron chi connectivity index (χ1n) is 6.46. The Hall–Kier alpha value is -2.01. The second kappa shape index (κ2) is 4.34. The molecule has 0 radical (unpaired) electrons. The zero-order valence-corrected chi connectivity index (χ0v) is 10.3. The number of benzene rings is 2. The quantitative estimate of drug-likeness (QED) is 0.876. The minimum Gasteiger partial charge on any atom is -0.383 e. The Labute approximate surface area is 107 Å². The zero-order valence-electron chi connectivity index (χ0n) is 10.3. The van der Waals surface area contributed by atoms with Gasteiger partial charge < -0.3 is 5.32 Å². The van der Waals surface area contributed by atoms with Gasteiger partial charge in [0.2, 0.25) is 0 Å². The molecule has 2 aromatic rings. The third-order valence-corrected chi connectivity index (χ3v) is 3.95. The molecule has 0 amide bonds. The second-order valence-electron chi connectivity index (χ2n) is 5.13. The van der Waals surface area contributed by atoms with Crippen LogP contribution in [0.5, 0.6) is 0 Å². The van der Waals surface area contributed by atoms with Crippen molar-refractivity contribution in [2.24, 2.45) is 5.41 Å². The first-order chi connectivity index (χ1) is 8.83. The lowest BCUT2D eigenvalue weighted by molar-refractivity contribution is 0.233. The van der Waals surface area contributed by atoms with E-state index in [1.165, 1.54) is 17.2 Å². The van der Waals surface area contributed by atoms with Crippen LogP contribution >= 0.6 is 0 Å². The van der Waals surface area contributed by atoms with Crippen molar-refractivity contribution in [2.75, 3.05) is 11.9 Å². The molecule has 2 heteroatoms. The normalized spacial score (nSPS) is 16.8. The summed E-state index contributed by atoms with van der Waals surface area (Å²) in [7, 11) is 0. The highest BCUT2D eigenvalue weighted by molar-refractivity contribution is 5.93. The van der Waals surface area contributed by atoms with Crippen molar-refractivity contribution >= 4 is 16.5 Å². The maximum absolute atomic E-state index is 9.24. The van der Waals surface area contributed by atoms with Gasteiger partial charge in [-0.25, -0.2) is 0 Å². The Morgan fingerprint density at radius 2 is 1.89 bits per heavy atom. The van der Waals surface area contributed by atoms with Gasteiger partial charge in [-0.15, -0.1) is 0 Å². The lowest BCUT2D eigenvalue weighted by atomic mass is 9.70. The number of nitrogens with one attached hydrogen (secondary N) is 1. The first-order valence-corrected chi connectivity index (χ1v) is 6.46. The van der Waals surface area contributed by atoms with E-state index in [0.717, 1.165) is 25.1 Å². The third kappa shape index (κ3) is 1.82. The van der Waals surface area contributed by atoms with Gasteiger partial charge in [0.15, 0.2) is 0 Å². The molecule has 1 N–H and O–H groups in total. The van der Waals surface area contributed by atoms with E-state index in [9.17, 15) is 5.26 Å². The van der Waals surface area contributed by atoms with Crippen LogP contribution in [-0.4, -0.2) is 6.54 Å². The molecule has 0 atom stereocenters. The van der Waals surface area contributed by atoms with Crippen molar-refractivity contribution in [3.05, 3.63) is 42.5 Å². The molecule has 3 rings (SSSR count). The lowest BCUT2D eigenvalue weighted by Gasteiger charge is -2.35. The van der Waals surface area contributed by atoms with Crippen LogP contribution in [-0.2, 0) is 0 Å². The van der Waals surface area contributed by atoms with E-state index in [-0.39, 0.29) is 5.41 Å². The summed E-state index contributed by atoms with van der Waals surface area (Å²) in [4.78, 5) is 0. The number of nitriles is 1. The van der Waals surface area contributed by atoms with Crippen LogP contribution in [0, 0.1) is 16.7 Å². The van der Waals surface area contributed by atoms with Crippen molar-refractivity contribution in [2.45, 2.75) is 19.3 Å². The molecule has 0 heterocycles. The Balaban J connectivity index is 1.85. The van der Waals surface area contributed by atoms with E-state index in [1.54, 1.807) is 0 Å². The number of hydrogen-bond donors (Lipinski definition) is 1. The average molecular weight is 236 g/mol. The van der Waals surface area contributed by atoms with Crippen LogP contribution in [0.1, 0.15) is 19.3 Å². The predicted molar refractivity (Wildman–Crippen MR) is 74.3 cm³/mol. The fourth-order valence-electron chi connectivity index (χ4n) is 2.58. The van der Waals surface area contributed by atoms with Crippen molar-refractivity contribution in [1.82, 2.24) is 0 Å². The molecule has 1 fully saturated rings. The van der Waals surface area contributed by atoms with Crippen molar-refractivity contribution in [3.63, 3.8) is 0 Å². The monoisotopic (exact) mass is 236 g/mol. The summed E-state index contributed by atoms with van der Waals surface area (Å²) < 4.78 is 0. The predicted octanol–water partition coefficient (Wildman–Crippen LogP) is 3.95. The van der Waals surface area contributed by atoms with Gasteiger partial charge in [0.25, 0.3) is 0 Å². The van der Waals surface area contributed by atoms with Crippen LogP contribution in [0.4, 0.5) is 5.69 Å². The van der Waals surface area contributed by atoms with Crippen LogP contribution < -0.4 is 5.32 Å². The van der Waals surface area contributed by atoms with E-state index in [1.807, 2.05) is 0 Å². The van der Waals surface area contributed by atoms with Crippen molar-refractivity contribution < 1.29 is 0 Å². The van der Waals surface area contributed by atoms with E-state index in [2.05, 4.69) is 53.9 Å². The Morgan fingerprint density at radius 1 is 1.11 bits per heavy atom. The zero-order chi connectivity index (χ0) is 12.4. The number of fused-ring (bicyclic) bond motifs is 1. The molecular weight excluding hydrogens is 220 g/mol. The summed E-state index contributed by atoms with van der Waals surface area (Å²) in [5, 5.41) is 15.2. The average Bonchev–Trinajstić information content (AvgIpc) is 2.38. The van der Waals surface area contributed by atoms with Crippen LogP contribution in [0.25, 0.3) is 10.8 Å². The minimum absolute atomic E-state index is 0.128. The van der Waals surface area contributed by atoms with Crippen LogP contribution in [0.2, 0.25) is 0 Å². The topological polar surface area (TPSA) is 35.8 Å². The summed E-state index contributed by atoms with van der Waals surface area (Å²) in [6.45, 7) is 0.761. The standard InChI is InChI=1S/C16H16N2/c17-11-16(9-4-10-16)12-18-15-8-3-6-13-5-1-2-7-14(13)15/h1-3,5-8,18H,4,9-10,12H2. The van der Waals surface area contributed by atoms with Gasteiger partial charge in [-0.05, 0) is 24.3 Å². The van der Waals surface area contributed by atoms with Crippen molar-refractivity contribution in [3.8, 4) is 6.07 Å². The van der Waals surface area contributed by atoms with Gasteiger partial charge in [-0.2, -0.15) is 5.26 Å². The third-order valence-electron chi connectivity index (χ3n) is 3.95. The number of hydrogen-bond acceptors (Lipinski definition) is 2. The molecule has 0 saturated heterocycles. The molecule has 0 bridgehead atoms. The number of nitrogens with zero attached hydrogens (tertiary/aromatic N) is 1. The molecule has 0 aromatic heterocycles. The molecule has 1 aliphatic rings. The van der Waals surface area contributed by atoms with Crippen molar-refractivity contribution in [1.29, 1.82) is 5.26 Å². The van der Waals surface area contributed by atoms with Gasteiger partial charge in [0.05, 0.1) is 11.5 Å². The van der Waals surface area contributed by atoms with E-state index in [4.69, 9.17) is 0 Å². The second-order valence-corrected chi connectivity index (χ2v) is 5.13. The van der Waals surface area contributed by atoms with E-state index < -0.39 is 0 Å². The highest BCUT2D eigenvalue weighted by Crippen LogP contribution is 2.40.